The summed E-state index contributed by atoms with van der Waals surface area (Å²) in [5, 5.41) is 13.1. The van der Waals surface area contributed by atoms with E-state index >= 15 is 0 Å². The van der Waals surface area contributed by atoms with Crippen molar-refractivity contribution in [3.63, 3.8) is 0 Å². The quantitative estimate of drug-likeness (QED) is 0.445. The van der Waals surface area contributed by atoms with E-state index in [4.69, 9.17) is 9.72 Å². The Bertz CT molecular complexity index is 1390. The molecule has 190 valence electrons. The fraction of sp³-hybridized carbons (Fsp3) is 0.400. The molecule has 2 aromatic carbocycles. The molecule has 0 amide bonds. The van der Waals surface area contributed by atoms with Gasteiger partial charge in [-0.25, -0.2) is 9.37 Å². The maximum absolute atomic E-state index is 14.7. The summed E-state index contributed by atoms with van der Waals surface area (Å²) in [6.07, 6.45) is 5.97. The zero-order chi connectivity index (χ0) is 25.7. The van der Waals surface area contributed by atoms with E-state index < -0.39 is 16.0 Å². The lowest BCUT2D eigenvalue weighted by atomic mass is 9.92. The highest BCUT2D eigenvalue weighted by atomic mass is 32.2. The monoisotopic (exact) mass is 512 g/mol. The van der Waals surface area contributed by atoms with Crippen LogP contribution in [0.5, 0.6) is 11.5 Å². The smallest absolute Gasteiger partial charge is 0.301 e. The molecule has 4 rings (SSSR count). The molecule has 11 heteroatoms. The number of fused-ring (bicyclic) bond motifs is 1. The summed E-state index contributed by atoms with van der Waals surface area (Å²) < 4.78 is 48.7. The number of nitrogens with one attached hydrogen (secondary N) is 2. The van der Waals surface area contributed by atoms with Gasteiger partial charge in [0.15, 0.2) is 11.6 Å². The Balaban J connectivity index is 1.58. The predicted molar refractivity (Wildman–Crippen MR) is 135 cm³/mol. The summed E-state index contributed by atoms with van der Waals surface area (Å²) in [4.78, 5) is 9.19. The lowest BCUT2D eigenvalue weighted by molar-refractivity contribution is 0.353. The summed E-state index contributed by atoms with van der Waals surface area (Å²) in [5.74, 6) is -0.229. The molecule has 0 aliphatic carbocycles. The number of hydrogen-bond acceptors (Lipinski definition) is 7. The molecular formula is C25H29FN6O3S. The normalized spacial score (nSPS) is 14.6. The van der Waals surface area contributed by atoms with Crippen LogP contribution in [0.25, 0.3) is 11.0 Å². The van der Waals surface area contributed by atoms with Gasteiger partial charge in [-0.15, -0.1) is 0 Å². The van der Waals surface area contributed by atoms with Crippen LogP contribution in [0.3, 0.4) is 0 Å². The summed E-state index contributed by atoms with van der Waals surface area (Å²) in [6.45, 7) is 3.99. The van der Waals surface area contributed by atoms with Gasteiger partial charge in [0.05, 0.1) is 22.4 Å². The maximum atomic E-state index is 14.7. The first-order valence-corrected chi connectivity index (χ1v) is 13.4. The van der Waals surface area contributed by atoms with Crippen molar-refractivity contribution >= 4 is 26.9 Å². The highest BCUT2D eigenvalue weighted by Crippen LogP contribution is 2.34. The molecule has 2 N–H and O–H groups in total. The predicted octanol–water partition coefficient (Wildman–Crippen LogP) is 3.97. The lowest BCUT2D eigenvalue weighted by Gasteiger charge is -2.22. The van der Waals surface area contributed by atoms with Crippen molar-refractivity contribution < 1.29 is 17.5 Å². The second-order valence-electron chi connectivity index (χ2n) is 8.78. The van der Waals surface area contributed by atoms with Crippen LogP contribution in [0.4, 0.5) is 10.1 Å². The molecule has 0 radical (unpaired) electrons. The minimum atomic E-state index is -3.91. The van der Waals surface area contributed by atoms with Crippen LogP contribution in [0.15, 0.2) is 36.5 Å². The van der Waals surface area contributed by atoms with Crippen molar-refractivity contribution in [2.24, 2.45) is 5.92 Å². The van der Waals surface area contributed by atoms with Crippen LogP contribution in [0.2, 0.25) is 0 Å². The number of halogens is 1. The highest BCUT2D eigenvalue weighted by molar-refractivity contribution is 7.90. The topological polar surface area (TPSA) is 120 Å². The number of benzene rings is 2. The second-order valence-corrected chi connectivity index (χ2v) is 10.6. The van der Waals surface area contributed by atoms with Crippen LogP contribution in [-0.2, 0) is 16.6 Å². The fourth-order valence-electron chi connectivity index (χ4n) is 4.09. The van der Waals surface area contributed by atoms with Gasteiger partial charge in [0.25, 0.3) is 0 Å². The molecule has 1 aromatic heterocycles. The molecular weight excluding hydrogens is 483 g/mol. The van der Waals surface area contributed by atoms with E-state index in [-0.39, 0.29) is 29.3 Å². The largest absolute Gasteiger partial charge is 0.453 e. The molecule has 0 bridgehead atoms. The van der Waals surface area contributed by atoms with Crippen LogP contribution < -0.4 is 14.8 Å². The summed E-state index contributed by atoms with van der Waals surface area (Å²) in [7, 11) is -2.52. The lowest BCUT2D eigenvalue weighted by Crippen LogP contribution is -2.32. The zero-order valence-corrected chi connectivity index (χ0v) is 21.1. The van der Waals surface area contributed by atoms with Gasteiger partial charge in [-0.05, 0) is 69.0 Å². The molecule has 1 fully saturated rings. The highest BCUT2D eigenvalue weighted by Gasteiger charge is 2.22. The van der Waals surface area contributed by atoms with Gasteiger partial charge in [0, 0.05) is 25.9 Å². The first-order valence-electron chi connectivity index (χ1n) is 11.9. The van der Waals surface area contributed by atoms with Crippen molar-refractivity contribution in [1.29, 1.82) is 5.26 Å². The summed E-state index contributed by atoms with van der Waals surface area (Å²) >= 11 is 0. The van der Waals surface area contributed by atoms with Gasteiger partial charge in [0.1, 0.15) is 17.4 Å². The number of aryl methyl sites for hydroxylation is 1. The molecule has 1 aliphatic rings. The van der Waals surface area contributed by atoms with E-state index in [1.807, 2.05) is 6.07 Å². The number of hydrogen-bond donors (Lipinski definition) is 2. The van der Waals surface area contributed by atoms with E-state index in [2.05, 4.69) is 15.0 Å². The van der Waals surface area contributed by atoms with Gasteiger partial charge in [-0.3, -0.25) is 9.71 Å². The van der Waals surface area contributed by atoms with Gasteiger partial charge < -0.3 is 10.1 Å². The molecule has 9 nitrogen and oxygen atoms in total. The van der Waals surface area contributed by atoms with E-state index in [1.165, 1.54) is 13.1 Å². The Morgan fingerprint density at radius 2 is 2.03 bits per heavy atom. The number of piperidine rings is 1. The van der Waals surface area contributed by atoms with E-state index in [0.29, 0.717) is 17.0 Å². The van der Waals surface area contributed by atoms with Crippen molar-refractivity contribution in [3.8, 4) is 17.6 Å². The number of nitrogens with zero attached hydrogens (tertiary/aromatic N) is 4. The van der Waals surface area contributed by atoms with Crippen LogP contribution in [0.1, 0.15) is 37.4 Å². The number of ether oxygens (including phenoxy) is 1. The van der Waals surface area contributed by atoms with Crippen molar-refractivity contribution in [2.75, 3.05) is 31.4 Å². The molecule has 1 aliphatic heterocycles. The first-order chi connectivity index (χ1) is 17.3. The van der Waals surface area contributed by atoms with E-state index in [9.17, 15) is 18.1 Å². The number of anilines is 1. The second kappa shape index (κ2) is 11.2. The molecule has 0 atom stereocenters. The first kappa shape index (κ1) is 25.8. The van der Waals surface area contributed by atoms with E-state index in [0.717, 1.165) is 54.8 Å². The van der Waals surface area contributed by atoms with E-state index in [1.54, 1.807) is 31.3 Å². The summed E-state index contributed by atoms with van der Waals surface area (Å²) in [6, 6.07) is 9.06. The molecule has 36 heavy (non-hydrogen) atoms. The molecule has 0 saturated carbocycles. The third kappa shape index (κ3) is 5.90. The third-order valence-electron chi connectivity index (χ3n) is 6.37. The molecule has 0 unspecified atom stereocenters. The number of nitriles is 1. The average molecular weight is 513 g/mol. The SMILES string of the molecule is CCN(C)S(=O)(=O)Nc1ccc(F)c(Oc2ccc3ncc(CCC4CCNCC4)nc3c2)c1C#N. The Morgan fingerprint density at radius 1 is 1.25 bits per heavy atom. The fourth-order valence-corrected chi connectivity index (χ4v) is 5.04. The van der Waals surface area contributed by atoms with Gasteiger partial charge in [0.2, 0.25) is 0 Å². The maximum Gasteiger partial charge on any atom is 0.301 e. The molecule has 1 saturated heterocycles. The average Bonchev–Trinajstić information content (AvgIpc) is 2.89. The van der Waals surface area contributed by atoms with Crippen LogP contribution in [-0.4, -0.2) is 49.4 Å². The van der Waals surface area contributed by atoms with Gasteiger partial charge in [-0.2, -0.15) is 18.0 Å². The molecule has 0 spiro atoms. The third-order valence-corrected chi connectivity index (χ3v) is 7.92. The zero-order valence-electron chi connectivity index (χ0n) is 20.3. The number of rotatable bonds is 9. The Hall–Kier alpha value is -3.33. The Kier molecular flexibility index (Phi) is 7.98. The molecule has 3 aromatic rings. The van der Waals surface area contributed by atoms with Crippen molar-refractivity contribution in [1.82, 2.24) is 19.6 Å². The van der Waals surface area contributed by atoms with Crippen molar-refractivity contribution in [3.05, 3.63) is 53.6 Å². The minimum absolute atomic E-state index is 0.0741. The van der Waals surface area contributed by atoms with Crippen LogP contribution in [0, 0.1) is 23.1 Å². The van der Waals surface area contributed by atoms with Gasteiger partial charge in [-0.1, -0.05) is 6.92 Å². The Labute approximate surface area is 210 Å². The van der Waals surface area contributed by atoms with Crippen molar-refractivity contribution in [2.45, 2.75) is 32.6 Å². The molecule has 2 heterocycles. The Morgan fingerprint density at radius 3 is 2.75 bits per heavy atom. The van der Waals surface area contributed by atoms with Gasteiger partial charge >= 0.3 is 10.2 Å². The minimum Gasteiger partial charge on any atom is -0.453 e. The van der Waals surface area contributed by atoms with Crippen LogP contribution >= 0.6 is 0 Å². The number of aromatic nitrogens is 2. The summed E-state index contributed by atoms with van der Waals surface area (Å²) in [5.41, 5.74) is 1.80. The standard InChI is InChI=1S/C25H29FN6O3S/c1-3-32(2)36(33,34)31-22-9-7-21(26)25(20(22)15-27)35-19-6-8-23-24(14-19)30-18(16-29-23)5-4-17-10-12-28-13-11-17/h6-9,14,16-17,28,31H,3-5,10-13H2,1-2H3.